The standard InChI is InChI=1S/C29H38FNO3/c1-29(2,3)23-9-12-25(13-10-23)34-27-14-8-21(17-26(27)30)20-6-4-5-19(15-20)18-31-24-11-7-22(16-24)28(32)33/h4-6,8,14-15,17,22-25,31H,7,9-13,16,18H2,1-3H3,(H,32,33)/t22?,23-,24?,25-. The van der Waals surface area contributed by atoms with Crippen LogP contribution >= 0.6 is 0 Å². The summed E-state index contributed by atoms with van der Waals surface area (Å²) in [4.78, 5) is 11.2. The van der Waals surface area contributed by atoms with E-state index in [-0.39, 0.29) is 23.9 Å². The SMILES string of the molecule is CC(C)(C)[C@H]1CC[C@H](Oc2ccc(-c3cccc(CNC4CCC(C(=O)O)C4)c3)cc2F)CC1. The van der Waals surface area contributed by atoms with Crippen LogP contribution in [-0.2, 0) is 11.3 Å². The molecule has 2 unspecified atom stereocenters. The molecule has 4 rings (SSSR count). The molecule has 0 aliphatic heterocycles. The molecule has 184 valence electrons. The third kappa shape index (κ3) is 6.18. The van der Waals surface area contributed by atoms with Crippen molar-refractivity contribution < 1.29 is 19.0 Å². The minimum absolute atomic E-state index is 0.0877. The lowest BCUT2D eigenvalue weighted by atomic mass is 9.72. The minimum Gasteiger partial charge on any atom is -0.487 e. The number of aliphatic carboxylic acids is 1. The summed E-state index contributed by atoms with van der Waals surface area (Å²) in [6.45, 7) is 7.56. The van der Waals surface area contributed by atoms with Crippen LogP contribution in [0.5, 0.6) is 5.75 Å². The molecule has 4 nitrogen and oxygen atoms in total. The van der Waals surface area contributed by atoms with Crippen molar-refractivity contribution in [3.63, 3.8) is 0 Å². The Balaban J connectivity index is 1.34. The molecule has 2 aliphatic rings. The first-order chi connectivity index (χ1) is 16.2. The maximum Gasteiger partial charge on any atom is 0.306 e. The Bertz CT molecular complexity index is 991. The summed E-state index contributed by atoms with van der Waals surface area (Å²) < 4.78 is 21.0. The average molecular weight is 468 g/mol. The number of carboxylic acid groups (broad SMARTS) is 1. The number of ether oxygens (including phenoxy) is 1. The first kappa shape index (κ1) is 24.7. The van der Waals surface area contributed by atoms with Gasteiger partial charge in [-0.1, -0.05) is 45.0 Å². The molecule has 2 saturated carbocycles. The molecule has 2 aromatic carbocycles. The number of carboxylic acids is 1. The van der Waals surface area contributed by atoms with Gasteiger partial charge in [0.25, 0.3) is 0 Å². The van der Waals surface area contributed by atoms with E-state index >= 15 is 0 Å². The third-order valence-electron chi connectivity index (χ3n) is 7.76. The van der Waals surface area contributed by atoms with Crippen molar-refractivity contribution >= 4 is 5.97 Å². The van der Waals surface area contributed by atoms with Gasteiger partial charge in [-0.05, 0) is 91.2 Å². The minimum atomic E-state index is -0.696. The lowest BCUT2D eigenvalue weighted by molar-refractivity contribution is -0.141. The van der Waals surface area contributed by atoms with Gasteiger partial charge in [0.05, 0.1) is 12.0 Å². The van der Waals surface area contributed by atoms with Crippen molar-refractivity contribution in [1.82, 2.24) is 5.32 Å². The number of hydrogen-bond acceptors (Lipinski definition) is 3. The zero-order valence-electron chi connectivity index (χ0n) is 20.6. The fourth-order valence-corrected chi connectivity index (χ4v) is 5.52. The second-order valence-corrected chi connectivity index (χ2v) is 11.2. The molecule has 2 fully saturated rings. The molecule has 5 heteroatoms. The maximum absolute atomic E-state index is 14.9. The van der Waals surface area contributed by atoms with Crippen LogP contribution in [-0.4, -0.2) is 23.2 Å². The van der Waals surface area contributed by atoms with Gasteiger partial charge in [-0.2, -0.15) is 0 Å². The first-order valence-corrected chi connectivity index (χ1v) is 12.7. The summed E-state index contributed by atoms with van der Waals surface area (Å²) in [6, 6.07) is 13.6. The van der Waals surface area contributed by atoms with Crippen LogP contribution < -0.4 is 10.1 Å². The summed E-state index contributed by atoms with van der Waals surface area (Å²) in [5.74, 6) is -0.201. The van der Waals surface area contributed by atoms with Gasteiger partial charge in [-0.3, -0.25) is 4.79 Å². The van der Waals surface area contributed by atoms with Gasteiger partial charge in [0.15, 0.2) is 11.6 Å². The quantitative estimate of drug-likeness (QED) is 0.469. The van der Waals surface area contributed by atoms with Crippen LogP contribution in [0.2, 0.25) is 0 Å². The Morgan fingerprint density at radius 3 is 2.41 bits per heavy atom. The summed E-state index contributed by atoms with van der Waals surface area (Å²) >= 11 is 0. The second kappa shape index (κ2) is 10.5. The van der Waals surface area contributed by atoms with Crippen molar-refractivity contribution in [2.45, 2.75) is 84.4 Å². The van der Waals surface area contributed by atoms with Crippen LogP contribution in [0.3, 0.4) is 0 Å². The topological polar surface area (TPSA) is 58.6 Å². The molecule has 34 heavy (non-hydrogen) atoms. The van der Waals surface area contributed by atoms with E-state index in [1.165, 1.54) is 0 Å². The van der Waals surface area contributed by atoms with E-state index in [9.17, 15) is 14.3 Å². The number of rotatable bonds is 7. The molecule has 0 radical (unpaired) electrons. The van der Waals surface area contributed by atoms with Gasteiger partial charge in [0.2, 0.25) is 0 Å². The molecular formula is C29H38FNO3. The fraction of sp³-hybridized carbons (Fsp3) is 0.552. The highest BCUT2D eigenvalue weighted by Crippen LogP contribution is 2.39. The third-order valence-corrected chi connectivity index (χ3v) is 7.76. The molecule has 0 aromatic heterocycles. The Labute approximate surface area is 202 Å². The number of nitrogens with one attached hydrogen (secondary N) is 1. The molecule has 0 bridgehead atoms. The van der Waals surface area contributed by atoms with E-state index in [4.69, 9.17) is 4.74 Å². The van der Waals surface area contributed by atoms with E-state index in [0.29, 0.717) is 30.0 Å². The normalized spacial score (nSPS) is 25.3. The fourth-order valence-electron chi connectivity index (χ4n) is 5.52. The van der Waals surface area contributed by atoms with Crippen molar-refractivity contribution in [1.29, 1.82) is 0 Å². The number of benzene rings is 2. The highest BCUT2D eigenvalue weighted by molar-refractivity contribution is 5.70. The predicted octanol–water partition coefficient (Wildman–Crippen LogP) is 6.82. The van der Waals surface area contributed by atoms with Gasteiger partial charge in [-0.25, -0.2) is 4.39 Å². The highest BCUT2D eigenvalue weighted by Gasteiger charge is 2.31. The monoisotopic (exact) mass is 467 g/mol. The smallest absolute Gasteiger partial charge is 0.306 e. The van der Waals surface area contributed by atoms with Gasteiger partial charge >= 0.3 is 5.97 Å². The van der Waals surface area contributed by atoms with E-state index in [0.717, 1.165) is 55.2 Å². The predicted molar refractivity (Wildman–Crippen MR) is 133 cm³/mol. The number of halogens is 1. The largest absolute Gasteiger partial charge is 0.487 e. The molecule has 0 heterocycles. The van der Waals surface area contributed by atoms with Gasteiger partial charge in [0.1, 0.15) is 0 Å². The maximum atomic E-state index is 14.9. The van der Waals surface area contributed by atoms with Crippen molar-refractivity contribution in [3.8, 4) is 16.9 Å². The molecule has 2 aromatic rings. The van der Waals surface area contributed by atoms with Crippen molar-refractivity contribution in [2.24, 2.45) is 17.3 Å². The lowest BCUT2D eigenvalue weighted by Crippen LogP contribution is -2.30. The van der Waals surface area contributed by atoms with Crippen molar-refractivity contribution in [3.05, 3.63) is 53.8 Å². The molecule has 2 atom stereocenters. The molecule has 0 saturated heterocycles. The van der Waals surface area contributed by atoms with Gasteiger partial charge < -0.3 is 15.2 Å². The van der Waals surface area contributed by atoms with E-state index < -0.39 is 5.97 Å². The van der Waals surface area contributed by atoms with Crippen LogP contribution in [0, 0.1) is 23.1 Å². The zero-order chi connectivity index (χ0) is 24.3. The van der Waals surface area contributed by atoms with Crippen LogP contribution in [0.15, 0.2) is 42.5 Å². The van der Waals surface area contributed by atoms with Gasteiger partial charge in [-0.15, -0.1) is 0 Å². The van der Waals surface area contributed by atoms with Gasteiger partial charge in [0, 0.05) is 12.6 Å². The summed E-state index contributed by atoms with van der Waals surface area (Å²) in [5, 5.41) is 12.7. The van der Waals surface area contributed by atoms with E-state index in [1.54, 1.807) is 12.1 Å². The summed E-state index contributed by atoms with van der Waals surface area (Å²) in [7, 11) is 0. The second-order valence-electron chi connectivity index (χ2n) is 11.2. The van der Waals surface area contributed by atoms with Crippen LogP contribution in [0.4, 0.5) is 4.39 Å². The number of carbonyl (C=O) groups is 1. The summed E-state index contributed by atoms with van der Waals surface area (Å²) in [5.41, 5.74) is 3.22. The molecule has 0 spiro atoms. The average Bonchev–Trinajstić information content (AvgIpc) is 3.29. The lowest BCUT2D eigenvalue weighted by Gasteiger charge is -2.37. The molecular weight excluding hydrogens is 429 g/mol. The van der Waals surface area contributed by atoms with Crippen LogP contribution in [0.1, 0.15) is 71.3 Å². The Morgan fingerprint density at radius 1 is 1.03 bits per heavy atom. The Kier molecular flexibility index (Phi) is 7.61. The highest BCUT2D eigenvalue weighted by atomic mass is 19.1. The van der Waals surface area contributed by atoms with Crippen LogP contribution in [0.25, 0.3) is 11.1 Å². The van der Waals surface area contributed by atoms with E-state index in [1.807, 2.05) is 24.3 Å². The summed E-state index contributed by atoms with van der Waals surface area (Å²) in [6.07, 6.45) is 6.61. The molecule has 2 N–H and O–H groups in total. The zero-order valence-corrected chi connectivity index (χ0v) is 20.6. The Morgan fingerprint density at radius 2 is 1.76 bits per heavy atom. The molecule has 2 aliphatic carbocycles. The van der Waals surface area contributed by atoms with E-state index in [2.05, 4.69) is 32.2 Å². The molecule has 0 amide bonds. The number of hydrogen-bond donors (Lipinski definition) is 2. The first-order valence-electron chi connectivity index (χ1n) is 12.7. The van der Waals surface area contributed by atoms with Crippen molar-refractivity contribution in [2.75, 3.05) is 0 Å². The Hall–Kier alpha value is -2.40.